The molecule has 2 aliphatic heterocycles. The van der Waals surface area contributed by atoms with Crippen molar-refractivity contribution in [3.05, 3.63) is 71.3 Å². The molecule has 0 spiro atoms. The Morgan fingerprint density at radius 1 is 1.00 bits per heavy atom. The number of likely N-dealkylation sites (tertiary alicyclic amines) is 1. The monoisotopic (exact) mass is 334 g/mol. The molecule has 4 heteroatoms. The maximum absolute atomic E-state index is 12.9. The molecular formula is C21H22N2O2. The second kappa shape index (κ2) is 6.71. The van der Waals surface area contributed by atoms with Crippen molar-refractivity contribution in [1.82, 2.24) is 9.80 Å². The lowest BCUT2D eigenvalue weighted by atomic mass is 9.98. The molecule has 0 radical (unpaired) electrons. The van der Waals surface area contributed by atoms with Crippen LogP contribution < -0.4 is 0 Å². The molecular weight excluding hydrogens is 312 g/mol. The highest BCUT2D eigenvalue weighted by Crippen LogP contribution is 2.25. The molecule has 4 rings (SSSR count). The van der Waals surface area contributed by atoms with E-state index in [-0.39, 0.29) is 17.7 Å². The Hall–Kier alpha value is -2.62. The summed E-state index contributed by atoms with van der Waals surface area (Å²) in [5.41, 5.74) is 3.67. The van der Waals surface area contributed by atoms with Gasteiger partial charge in [-0.1, -0.05) is 54.6 Å². The van der Waals surface area contributed by atoms with Gasteiger partial charge in [0, 0.05) is 32.6 Å². The molecule has 0 saturated carbocycles. The van der Waals surface area contributed by atoms with Crippen LogP contribution in [0.25, 0.3) is 0 Å². The zero-order valence-electron chi connectivity index (χ0n) is 14.2. The Morgan fingerprint density at radius 3 is 2.52 bits per heavy atom. The summed E-state index contributed by atoms with van der Waals surface area (Å²) >= 11 is 0. The summed E-state index contributed by atoms with van der Waals surface area (Å²) in [6, 6.07) is 18.3. The van der Waals surface area contributed by atoms with Crippen LogP contribution in [0.1, 0.15) is 23.1 Å². The predicted octanol–water partition coefficient (Wildman–Crippen LogP) is 2.62. The van der Waals surface area contributed by atoms with Crippen LogP contribution in [-0.4, -0.2) is 34.7 Å². The van der Waals surface area contributed by atoms with E-state index < -0.39 is 0 Å². The van der Waals surface area contributed by atoms with Crippen LogP contribution in [-0.2, 0) is 29.1 Å². The van der Waals surface area contributed by atoms with Gasteiger partial charge in [-0.3, -0.25) is 9.59 Å². The minimum Gasteiger partial charge on any atom is -0.338 e. The third-order valence-corrected chi connectivity index (χ3v) is 5.22. The summed E-state index contributed by atoms with van der Waals surface area (Å²) in [5, 5.41) is 0. The highest BCUT2D eigenvalue weighted by atomic mass is 16.2. The van der Waals surface area contributed by atoms with E-state index in [0.717, 1.165) is 18.5 Å². The Balaban J connectivity index is 1.41. The minimum atomic E-state index is -0.207. The van der Waals surface area contributed by atoms with Crippen molar-refractivity contribution in [1.29, 1.82) is 0 Å². The Kier molecular flexibility index (Phi) is 4.26. The van der Waals surface area contributed by atoms with E-state index in [4.69, 9.17) is 0 Å². The van der Waals surface area contributed by atoms with Crippen LogP contribution in [0, 0.1) is 5.92 Å². The Morgan fingerprint density at radius 2 is 1.72 bits per heavy atom. The van der Waals surface area contributed by atoms with E-state index >= 15 is 0 Å². The molecule has 2 aromatic rings. The van der Waals surface area contributed by atoms with Gasteiger partial charge in [0.25, 0.3) is 0 Å². The quantitative estimate of drug-likeness (QED) is 0.866. The van der Waals surface area contributed by atoms with Gasteiger partial charge in [-0.25, -0.2) is 0 Å². The molecule has 0 N–H and O–H groups in total. The number of amides is 2. The molecule has 2 amide bonds. The fraction of sp³-hybridized carbons (Fsp3) is 0.333. The molecule has 4 nitrogen and oxygen atoms in total. The van der Waals surface area contributed by atoms with Crippen LogP contribution in [0.15, 0.2) is 54.6 Å². The first-order valence-corrected chi connectivity index (χ1v) is 8.88. The molecule has 0 bridgehead atoms. The Labute approximate surface area is 148 Å². The third kappa shape index (κ3) is 3.29. The van der Waals surface area contributed by atoms with Gasteiger partial charge < -0.3 is 9.80 Å². The highest BCUT2D eigenvalue weighted by molar-refractivity contribution is 5.89. The molecule has 1 fully saturated rings. The van der Waals surface area contributed by atoms with Crippen molar-refractivity contribution in [2.24, 2.45) is 5.92 Å². The van der Waals surface area contributed by atoms with Gasteiger partial charge in [-0.05, 0) is 23.1 Å². The summed E-state index contributed by atoms with van der Waals surface area (Å²) in [5.74, 6) is -0.000461. The fourth-order valence-corrected chi connectivity index (χ4v) is 3.84. The third-order valence-electron chi connectivity index (χ3n) is 5.22. The van der Waals surface area contributed by atoms with E-state index in [0.29, 0.717) is 26.1 Å². The largest absolute Gasteiger partial charge is 0.338 e. The summed E-state index contributed by atoms with van der Waals surface area (Å²) in [6.07, 6.45) is 1.24. The molecule has 2 aliphatic rings. The van der Waals surface area contributed by atoms with E-state index in [1.54, 1.807) is 0 Å². The van der Waals surface area contributed by atoms with Gasteiger partial charge in [0.15, 0.2) is 0 Å². The lowest BCUT2D eigenvalue weighted by molar-refractivity contribution is -0.136. The van der Waals surface area contributed by atoms with Gasteiger partial charge >= 0.3 is 0 Å². The van der Waals surface area contributed by atoms with Gasteiger partial charge in [0.05, 0.1) is 5.92 Å². The van der Waals surface area contributed by atoms with Crippen LogP contribution in [0.2, 0.25) is 0 Å². The standard InChI is InChI=1S/C21H22N2O2/c24-20-12-19(15-23(20)13-16-6-2-1-3-7-16)21(25)22-11-10-17-8-4-5-9-18(17)14-22/h1-9,19H,10-15H2. The number of benzene rings is 2. The number of fused-ring (bicyclic) bond motifs is 1. The summed E-state index contributed by atoms with van der Waals surface area (Å²) in [6.45, 7) is 2.54. The average molecular weight is 334 g/mol. The number of carbonyl (C=O) groups is 2. The summed E-state index contributed by atoms with van der Waals surface area (Å²) in [4.78, 5) is 29.0. The molecule has 2 aromatic carbocycles. The van der Waals surface area contributed by atoms with Crippen LogP contribution in [0.4, 0.5) is 0 Å². The summed E-state index contributed by atoms with van der Waals surface area (Å²) < 4.78 is 0. The van der Waals surface area contributed by atoms with Crippen LogP contribution in [0.5, 0.6) is 0 Å². The highest BCUT2D eigenvalue weighted by Gasteiger charge is 2.37. The molecule has 0 aliphatic carbocycles. The van der Waals surface area contributed by atoms with E-state index in [1.807, 2.05) is 52.3 Å². The smallest absolute Gasteiger partial charge is 0.228 e. The first kappa shape index (κ1) is 15.9. The number of carbonyl (C=O) groups excluding carboxylic acids is 2. The van der Waals surface area contributed by atoms with E-state index in [1.165, 1.54) is 11.1 Å². The zero-order valence-corrected chi connectivity index (χ0v) is 14.2. The van der Waals surface area contributed by atoms with Crippen molar-refractivity contribution in [2.75, 3.05) is 13.1 Å². The number of rotatable bonds is 3. The second-order valence-corrected chi connectivity index (χ2v) is 6.94. The van der Waals surface area contributed by atoms with Gasteiger partial charge in [0.2, 0.25) is 11.8 Å². The minimum absolute atomic E-state index is 0.0830. The van der Waals surface area contributed by atoms with Crippen molar-refractivity contribution >= 4 is 11.8 Å². The molecule has 1 saturated heterocycles. The lowest BCUT2D eigenvalue weighted by Gasteiger charge is -2.30. The zero-order chi connectivity index (χ0) is 17.2. The Bertz CT molecular complexity index is 787. The topological polar surface area (TPSA) is 40.6 Å². The fourth-order valence-electron chi connectivity index (χ4n) is 3.84. The molecule has 1 unspecified atom stereocenters. The SMILES string of the molecule is O=C1CC(C(=O)N2CCc3ccccc3C2)CN1Cc1ccccc1. The summed E-state index contributed by atoms with van der Waals surface area (Å²) in [7, 11) is 0. The molecule has 1 atom stereocenters. The molecule has 128 valence electrons. The number of hydrogen-bond donors (Lipinski definition) is 0. The predicted molar refractivity (Wildman–Crippen MR) is 95.5 cm³/mol. The van der Waals surface area contributed by atoms with Gasteiger partial charge in [-0.2, -0.15) is 0 Å². The first-order chi connectivity index (χ1) is 12.2. The number of hydrogen-bond acceptors (Lipinski definition) is 2. The van der Waals surface area contributed by atoms with Gasteiger partial charge in [0.1, 0.15) is 0 Å². The normalized spacial score (nSPS) is 19.8. The molecule has 2 heterocycles. The second-order valence-electron chi connectivity index (χ2n) is 6.94. The van der Waals surface area contributed by atoms with Crippen LogP contribution >= 0.6 is 0 Å². The average Bonchev–Trinajstić information content (AvgIpc) is 3.02. The number of nitrogens with zero attached hydrogens (tertiary/aromatic N) is 2. The first-order valence-electron chi connectivity index (χ1n) is 8.88. The van der Waals surface area contributed by atoms with Crippen molar-refractivity contribution in [2.45, 2.75) is 25.9 Å². The lowest BCUT2D eigenvalue weighted by Crippen LogP contribution is -2.40. The maximum Gasteiger partial charge on any atom is 0.228 e. The van der Waals surface area contributed by atoms with Crippen molar-refractivity contribution < 1.29 is 9.59 Å². The van der Waals surface area contributed by atoms with Gasteiger partial charge in [-0.15, -0.1) is 0 Å². The maximum atomic E-state index is 12.9. The van der Waals surface area contributed by atoms with E-state index in [2.05, 4.69) is 12.1 Å². The van der Waals surface area contributed by atoms with Crippen LogP contribution in [0.3, 0.4) is 0 Å². The molecule has 0 aromatic heterocycles. The van der Waals surface area contributed by atoms with Crippen molar-refractivity contribution in [3.8, 4) is 0 Å². The van der Waals surface area contributed by atoms with E-state index in [9.17, 15) is 9.59 Å². The van der Waals surface area contributed by atoms with Crippen molar-refractivity contribution in [3.63, 3.8) is 0 Å². The molecule has 25 heavy (non-hydrogen) atoms.